The van der Waals surface area contributed by atoms with Gasteiger partial charge >= 0.3 is 0 Å². The lowest BCUT2D eigenvalue weighted by molar-refractivity contribution is 0.0460. The van der Waals surface area contributed by atoms with Gasteiger partial charge in [-0.05, 0) is 26.0 Å². The van der Waals surface area contributed by atoms with E-state index in [0.717, 1.165) is 36.8 Å². The molecule has 1 aromatic carbocycles. The van der Waals surface area contributed by atoms with Gasteiger partial charge in [0.05, 0.1) is 25.4 Å². The van der Waals surface area contributed by atoms with Crippen LogP contribution in [0.1, 0.15) is 31.9 Å². The first-order valence-corrected chi connectivity index (χ1v) is 8.66. The molecule has 2 atom stereocenters. The van der Waals surface area contributed by atoms with Crippen molar-refractivity contribution in [2.45, 2.75) is 32.4 Å². The van der Waals surface area contributed by atoms with Crippen LogP contribution in [0.2, 0.25) is 0 Å². The average molecular weight is 295 g/mol. The van der Waals surface area contributed by atoms with Gasteiger partial charge < -0.3 is 14.8 Å². The monoisotopic (exact) mass is 295 g/mol. The molecule has 3 nitrogen and oxygen atoms in total. The molecule has 2 rings (SSSR count). The molecule has 1 saturated heterocycles. The molecular weight excluding hydrogens is 270 g/mol. The zero-order valence-electron chi connectivity index (χ0n) is 12.4. The molecule has 4 heteroatoms. The molecule has 1 aromatic rings. The van der Waals surface area contributed by atoms with Gasteiger partial charge in [0, 0.05) is 17.1 Å². The minimum absolute atomic E-state index is 0.213. The standard InChI is InChI=1S/C16H25NO2S/c1-3-9-17-16(15-12-20-11-10-19-15)13-7-5-6-8-14(13)18-4-2/h5-8,15-17H,3-4,9-12H2,1-2H3. The Morgan fingerprint density at radius 2 is 2.25 bits per heavy atom. The lowest BCUT2D eigenvalue weighted by Gasteiger charge is -2.32. The summed E-state index contributed by atoms with van der Waals surface area (Å²) < 4.78 is 11.8. The number of para-hydroxylation sites is 1. The van der Waals surface area contributed by atoms with Gasteiger partial charge in [0.25, 0.3) is 0 Å². The van der Waals surface area contributed by atoms with Crippen LogP contribution in [0, 0.1) is 0 Å². The summed E-state index contributed by atoms with van der Waals surface area (Å²) in [5, 5.41) is 3.64. The highest BCUT2D eigenvalue weighted by Crippen LogP contribution is 2.31. The molecule has 0 aliphatic carbocycles. The molecule has 1 aliphatic heterocycles. The summed E-state index contributed by atoms with van der Waals surface area (Å²) in [4.78, 5) is 0. The summed E-state index contributed by atoms with van der Waals surface area (Å²) in [7, 11) is 0. The van der Waals surface area contributed by atoms with Gasteiger partial charge in [0.2, 0.25) is 0 Å². The fourth-order valence-electron chi connectivity index (χ4n) is 2.46. The van der Waals surface area contributed by atoms with Crippen molar-refractivity contribution in [3.8, 4) is 5.75 Å². The zero-order chi connectivity index (χ0) is 14.2. The van der Waals surface area contributed by atoms with E-state index in [4.69, 9.17) is 9.47 Å². The van der Waals surface area contributed by atoms with Crippen molar-refractivity contribution in [1.29, 1.82) is 0 Å². The second-order valence-corrected chi connectivity index (χ2v) is 6.04. The van der Waals surface area contributed by atoms with Crippen molar-refractivity contribution >= 4 is 11.8 Å². The van der Waals surface area contributed by atoms with Crippen molar-refractivity contribution in [2.24, 2.45) is 0 Å². The number of benzene rings is 1. The molecule has 0 bridgehead atoms. The Kier molecular flexibility index (Phi) is 6.70. The van der Waals surface area contributed by atoms with Gasteiger partial charge in [0.15, 0.2) is 0 Å². The second kappa shape index (κ2) is 8.55. The lowest BCUT2D eigenvalue weighted by atomic mass is 10.0. The van der Waals surface area contributed by atoms with Crippen LogP contribution in [-0.2, 0) is 4.74 Å². The summed E-state index contributed by atoms with van der Waals surface area (Å²) >= 11 is 1.97. The maximum absolute atomic E-state index is 5.99. The van der Waals surface area contributed by atoms with Crippen LogP contribution >= 0.6 is 11.8 Å². The summed E-state index contributed by atoms with van der Waals surface area (Å²) in [5.74, 6) is 3.12. The Hall–Kier alpha value is -0.710. The first kappa shape index (κ1) is 15.7. The zero-order valence-corrected chi connectivity index (χ0v) is 13.2. The van der Waals surface area contributed by atoms with Crippen LogP contribution in [0.5, 0.6) is 5.75 Å². The fourth-order valence-corrected chi connectivity index (χ4v) is 3.37. The van der Waals surface area contributed by atoms with Crippen molar-refractivity contribution in [1.82, 2.24) is 5.32 Å². The highest BCUT2D eigenvalue weighted by molar-refractivity contribution is 7.99. The Balaban J connectivity index is 2.20. The van der Waals surface area contributed by atoms with Gasteiger partial charge in [-0.3, -0.25) is 0 Å². The molecule has 0 spiro atoms. The number of hydrogen-bond acceptors (Lipinski definition) is 4. The highest BCUT2D eigenvalue weighted by Gasteiger charge is 2.27. The largest absolute Gasteiger partial charge is 0.494 e. The first-order valence-electron chi connectivity index (χ1n) is 7.51. The van der Waals surface area contributed by atoms with Gasteiger partial charge in [0.1, 0.15) is 5.75 Å². The predicted molar refractivity (Wildman–Crippen MR) is 85.7 cm³/mol. The lowest BCUT2D eigenvalue weighted by Crippen LogP contribution is -2.38. The molecule has 0 amide bonds. The fraction of sp³-hybridized carbons (Fsp3) is 0.625. The number of rotatable bonds is 7. The minimum atomic E-state index is 0.213. The normalized spacial score (nSPS) is 20.6. The molecule has 20 heavy (non-hydrogen) atoms. The SMILES string of the molecule is CCCNC(c1ccccc1OCC)C1CSCCO1. The Labute approximate surface area is 126 Å². The quantitative estimate of drug-likeness (QED) is 0.836. The molecule has 2 unspecified atom stereocenters. The molecule has 1 heterocycles. The highest BCUT2D eigenvalue weighted by atomic mass is 32.2. The van der Waals surface area contributed by atoms with E-state index in [1.165, 1.54) is 5.56 Å². The molecule has 0 aromatic heterocycles. The van der Waals surface area contributed by atoms with E-state index in [0.29, 0.717) is 6.61 Å². The van der Waals surface area contributed by atoms with E-state index < -0.39 is 0 Å². The van der Waals surface area contributed by atoms with E-state index in [1.807, 2.05) is 24.8 Å². The molecule has 1 N–H and O–H groups in total. The third kappa shape index (κ3) is 4.14. The number of nitrogens with one attached hydrogen (secondary N) is 1. The molecule has 0 saturated carbocycles. The Bertz CT molecular complexity index is 394. The molecule has 0 radical (unpaired) electrons. The van der Waals surface area contributed by atoms with E-state index in [-0.39, 0.29) is 12.1 Å². The van der Waals surface area contributed by atoms with Crippen molar-refractivity contribution < 1.29 is 9.47 Å². The minimum Gasteiger partial charge on any atom is -0.494 e. The van der Waals surface area contributed by atoms with E-state index in [2.05, 4.69) is 30.4 Å². The van der Waals surface area contributed by atoms with Crippen molar-refractivity contribution in [2.75, 3.05) is 31.3 Å². The van der Waals surface area contributed by atoms with Crippen molar-refractivity contribution in [3.05, 3.63) is 29.8 Å². The average Bonchev–Trinajstić information content (AvgIpc) is 2.50. The van der Waals surface area contributed by atoms with Crippen LogP contribution in [0.25, 0.3) is 0 Å². The topological polar surface area (TPSA) is 30.5 Å². The Morgan fingerprint density at radius 3 is 2.95 bits per heavy atom. The van der Waals surface area contributed by atoms with E-state index >= 15 is 0 Å². The number of ether oxygens (including phenoxy) is 2. The molecule has 1 fully saturated rings. The third-order valence-electron chi connectivity index (χ3n) is 3.38. The third-order valence-corrected chi connectivity index (χ3v) is 4.40. The summed E-state index contributed by atoms with van der Waals surface area (Å²) in [5.41, 5.74) is 1.22. The van der Waals surface area contributed by atoms with Gasteiger partial charge in [-0.2, -0.15) is 11.8 Å². The molecule has 112 valence electrons. The van der Waals surface area contributed by atoms with Crippen molar-refractivity contribution in [3.63, 3.8) is 0 Å². The summed E-state index contributed by atoms with van der Waals surface area (Å²) in [6, 6.07) is 8.53. The van der Waals surface area contributed by atoms with Crippen LogP contribution in [-0.4, -0.2) is 37.4 Å². The molecule has 1 aliphatic rings. The van der Waals surface area contributed by atoms with Crippen LogP contribution in [0.3, 0.4) is 0 Å². The van der Waals surface area contributed by atoms with Gasteiger partial charge in [-0.1, -0.05) is 25.1 Å². The number of thioether (sulfide) groups is 1. The maximum atomic E-state index is 5.99. The van der Waals surface area contributed by atoms with Gasteiger partial charge in [-0.25, -0.2) is 0 Å². The predicted octanol–water partition coefficient (Wildman–Crippen LogP) is 3.26. The smallest absolute Gasteiger partial charge is 0.124 e. The van der Waals surface area contributed by atoms with E-state index in [9.17, 15) is 0 Å². The summed E-state index contributed by atoms with van der Waals surface area (Å²) in [6.45, 7) is 6.75. The van der Waals surface area contributed by atoms with Crippen LogP contribution in [0.15, 0.2) is 24.3 Å². The molecular formula is C16H25NO2S. The maximum Gasteiger partial charge on any atom is 0.124 e. The summed E-state index contributed by atoms with van der Waals surface area (Å²) in [6.07, 6.45) is 1.34. The van der Waals surface area contributed by atoms with E-state index in [1.54, 1.807) is 0 Å². The van der Waals surface area contributed by atoms with Crippen LogP contribution in [0.4, 0.5) is 0 Å². The second-order valence-electron chi connectivity index (χ2n) is 4.89. The Morgan fingerprint density at radius 1 is 1.40 bits per heavy atom. The van der Waals surface area contributed by atoms with Crippen LogP contribution < -0.4 is 10.1 Å². The number of hydrogen-bond donors (Lipinski definition) is 1. The first-order chi connectivity index (χ1) is 9.86. The van der Waals surface area contributed by atoms with Gasteiger partial charge in [-0.15, -0.1) is 0 Å².